The molecule has 3 N–H and O–H groups in total. The number of nitrogens with zero attached hydrogens (tertiary/aromatic N) is 3. The Morgan fingerprint density at radius 1 is 0.921 bits per heavy atom. The third-order valence-corrected chi connectivity index (χ3v) is 8.10. The number of piperidine rings is 1. The molecule has 0 radical (unpaired) electrons. The fourth-order valence-electron chi connectivity index (χ4n) is 5.88. The van der Waals surface area contributed by atoms with Crippen LogP contribution in [0.3, 0.4) is 0 Å². The van der Waals surface area contributed by atoms with Crippen LogP contribution in [0.5, 0.6) is 0 Å². The molecule has 38 heavy (non-hydrogen) atoms. The topological polar surface area (TPSA) is 85.9 Å². The van der Waals surface area contributed by atoms with Crippen LogP contribution in [0, 0.1) is 0 Å². The van der Waals surface area contributed by atoms with Gasteiger partial charge in [-0.1, -0.05) is 29.8 Å². The van der Waals surface area contributed by atoms with E-state index in [0.717, 1.165) is 85.2 Å². The molecule has 3 aromatic heterocycles. The number of likely N-dealkylation sites (tertiary alicyclic amines) is 1. The Morgan fingerprint density at radius 2 is 1.66 bits per heavy atom. The van der Waals surface area contributed by atoms with Crippen LogP contribution in [0.15, 0.2) is 67.0 Å². The van der Waals surface area contributed by atoms with Gasteiger partial charge in [0.1, 0.15) is 16.6 Å². The Balaban J connectivity index is 1.000. The van der Waals surface area contributed by atoms with Gasteiger partial charge in [0.2, 0.25) is 0 Å². The molecule has 0 atom stereocenters. The molecule has 0 bridgehead atoms. The predicted molar refractivity (Wildman–Crippen MR) is 153 cm³/mol. The van der Waals surface area contributed by atoms with Crippen molar-refractivity contribution in [3.8, 4) is 11.1 Å². The van der Waals surface area contributed by atoms with Crippen molar-refractivity contribution >= 4 is 34.4 Å². The molecule has 1 aliphatic heterocycles. The first kappa shape index (κ1) is 24.9. The number of carbonyl (C=O) groups is 1. The van der Waals surface area contributed by atoms with Crippen LogP contribution in [-0.4, -0.2) is 57.0 Å². The van der Waals surface area contributed by atoms with Crippen LogP contribution in [0.1, 0.15) is 48.9 Å². The summed E-state index contributed by atoms with van der Waals surface area (Å²) in [6.45, 7) is 1.63. The molecule has 4 heterocycles. The van der Waals surface area contributed by atoms with Crippen molar-refractivity contribution in [1.29, 1.82) is 0 Å². The normalized spacial score (nSPS) is 20.5. The average Bonchev–Trinajstić information content (AvgIpc) is 3.39. The lowest BCUT2D eigenvalue weighted by atomic mass is 9.89. The minimum absolute atomic E-state index is 0.148. The zero-order chi connectivity index (χ0) is 25.9. The van der Waals surface area contributed by atoms with Crippen molar-refractivity contribution in [3.05, 3.63) is 77.7 Å². The van der Waals surface area contributed by atoms with Gasteiger partial charge in [-0.05, 0) is 80.5 Å². The minimum Gasteiger partial charge on any atom is -0.367 e. The SMILES string of the molecule is O=C(c1ccccc1)N1CCC(NC2CCC(Nc3cc(-c4c[nH]c5ncccc45)cc(Cl)n3)CC2)CC1. The zero-order valence-electron chi connectivity index (χ0n) is 21.4. The van der Waals surface area contributed by atoms with Gasteiger partial charge in [-0.2, -0.15) is 0 Å². The summed E-state index contributed by atoms with van der Waals surface area (Å²) in [5.41, 5.74) is 3.75. The summed E-state index contributed by atoms with van der Waals surface area (Å²) < 4.78 is 0. The van der Waals surface area contributed by atoms with Gasteiger partial charge in [-0.3, -0.25) is 4.79 Å². The van der Waals surface area contributed by atoms with Crippen molar-refractivity contribution in [2.45, 2.75) is 56.7 Å². The first-order chi connectivity index (χ1) is 18.6. The smallest absolute Gasteiger partial charge is 0.253 e. The van der Waals surface area contributed by atoms with E-state index in [0.29, 0.717) is 23.3 Å². The minimum atomic E-state index is 0.148. The number of halogens is 1. The van der Waals surface area contributed by atoms with E-state index in [9.17, 15) is 4.79 Å². The van der Waals surface area contributed by atoms with Gasteiger partial charge in [0.15, 0.2) is 0 Å². The molecule has 2 aliphatic rings. The van der Waals surface area contributed by atoms with Gasteiger partial charge >= 0.3 is 0 Å². The number of anilines is 1. The number of benzene rings is 1. The molecular weight excluding hydrogens is 496 g/mol. The summed E-state index contributed by atoms with van der Waals surface area (Å²) in [5, 5.41) is 9.07. The number of amides is 1. The maximum absolute atomic E-state index is 12.7. The molecule has 196 valence electrons. The van der Waals surface area contributed by atoms with Gasteiger partial charge in [-0.25, -0.2) is 9.97 Å². The van der Waals surface area contributed by atoms with Crippen molar-refractivity contribution in [1.82, 2.24) is 25.2 Å². The highest BCUT2D eigenvalue weighted by molar-refractivity contribution is 6.29. The summed E-state index contributed by atoms with van der Waals surface area (Å²) >= 11 is 6.42. The highest BCUT2D eigenvalue weighted by Gasteiger charge is 2.27. The molecular formula is C30H33ClN6O. The molecule has 1 saturated carbocycles. The van der Waals surface area contributed by atoms with Crippen molar-refractivity contribution in [2.24, 2.45) is 0 Å². The summed E-state index contributed by atoms with van der Waals surface area (Å²) in [5.74, 6) is 0.965. The van der Waals surface area contributed by atoms with Gasteiger partial charge in [0.05, 0.1) is 0 Å². The second-order valence-corrected chi connectivity index (χ2v) is 10.8. The maximum atomic E-state index is 12.7. The van der Waals surface area contributed by atoms with Crippen LogP contribution in [-0.2, 0) is 0 Å². The second kappa shape index (κ2) is 11.1. The van der Waals surface area contributed by atoms with Crippen molar-refractivity contribution in [3.63, 3.8) is 0 Å². The van der Waals surface area contributed by atoms with Gasteiger partial charge < -0.3 is 20.5 Å². The number of carbonyl (C=O) groups excluding carboxylic acids is 1. The van der Waals surface area contributed by atoms with Crippen molar-refractivity contribution < 1.29 is 4.79 Å². The quantitative estimate of drug-likeness (QED) is 0.271. The van der Waals surface area contributed by atoms with Crippen LogP contribution in [0.2, 0.25) is 5.15 Å². The van der Waals surface area contributed by atoms with Crippen molar-refractivity contribution in [2.75, 3.05) is 18.4 Å². The number of hydrogen-bond donors (Lipinski definition) is 3. The Morgan fingerprint density at radius 3 is 2.45 bits per heavy atom. The van der Waals surface area contributed by atoms with Crippen LogP contribution >= 0.6 is 11.6 Å². The van der Waals surface area contributed by atoms with E-state index in [-0.39, 0.29) is 5.91 Å². The number of aromatic nitrogens is 3. The zero-order valence-corrected chi connectivity index (χ0v) is 22.1. The number of aromatic amines is 1. The summed E-state index contributed by atoms with van der Waals surface area (Å²) in [6.07, 6.45) is 10.2. The lowest BCUT2D eigenvalue weighted by Crippen LogP contribution is -2.49. The third-order valence-electron chi connectivity index (χ3n) is 7.91. The average molecular weight is 529 g/mol. The van der Waals surface area contributed by atoms with Crippen LogP contribution in [0.4, 0.5) is 5.82 Å². The van der Waals surface area contributed by atoms with Gasteiger partial charge in [0.25, 0.3) is 5.91 Å². The largest absolute Gasteiger partial charge is 0.367 e. The Kier molecular flexibility index (Phi) is 7.29. The fraction of sp³-hybridized carbons (Fsp3) is 0.367. The van der Waals surface area contributed by atoms with Gasteiger partial charge in [-0.15, -0.1) is 0 Å². The van der Waals surface area contributed by atoms with E-state index in [1.54, 1.807) is 6.20 Å². The number of H-pyrrole nitrogens is 1. The molecule has 6 rings (SSSR count). The molecule has 1 amide bonds. The molecule has 0 spiro atoms. The monoisotopic (exact) mass is 528 g/mol. The van der Waals surface area contributed by atoms with Gasteiger partial charge in [0, 0.05) is 60.1 Å². The molecule has 8 heteroatoms. The highest BCUT2D eigenvalue weighted by Crippen LogP contribution is 2.31. The van der Waals surface area contributed by atoms with E-state index in [1.807, 2.05) is 53.6 Å². The van der Waals surface area contributed by atoms with E-state index in [4.69, 9.17) is 11.6 Å². The number of pyridine rings is 2. The number of hydrogen-bond acceptors (Lipinski definition) is 5. The molecule has 2 fully saturated rings. The molecule has 1 aliphatic carbocycles. The molecule has 4 aromatic rings. The van der Waals surface area contributed by atoms with E-state index < -0.39 is 0 Å². The molecule has 0 unspecified atom stereocenters. The lowest BCUT2D eigenvalue weighted by Gasteiger charge is -2.37. The van der Waals surface area contributed by atoms with Crippen LogP contribution < -0.4 is 10.6 Å². The molecule has 7 nitrogen and oxygen atoms in total. The molecule has 1 saturated heterocycles. The standard InChI is InChI=1S/C30H33ClN6O/c31-27-17-21(26-19-33-29-25(26)7-4-14-32-29)18-28(36-27)35-23-10-8-22(9-11-23)34-24-12-15-37(16-13-24)30(38)20-5-2-1-3-6-20/h1-7,14,17-19,22-24,34H,8-13,15-16H2,(H,32,33)(H,35,36). The lowest BCUT2D eigenvalue weighted by molar-refractivity contribution is 0.0699. The first-order valence-electron chi connectivity index (χ1n) is 13.6. The van der Waals surface area contributed by atoms with E-state index in [1.165, 1.54) is 0 Å². The van der Waals surface area contributed by atoms with E-state index in [2.05, 4.69) is 37.7 Å². The second-order valence-electron chi connectivity index (χ2n) is 10.5. The van der Waals surface area contributed by atoms with Crippen LogP contribution in [0.25, 0.3) is 22.2 Å². The number of nitrogens with one attached hydrogen (secondary N) is 3. The Labute approximate surface area is 228 Å². The summed E-state index contributed by atoms with van der Waals surface area (Å²) in [4.78, 5) is 26.9. The number of rotatable bonds is 6. The third kappa shape index (κ3) is 5.54. The Hall–Kier alpha value is -3.42. The first-order valence-corrected chi connectivity index (χ1v) is 14.0. The van der Waals surface area contributed by atoms with E-state index >= 15 is 0 Å². The molecule has 1 aromatic carbocycles. The predicted octanol–water partition coefficient (Wildman–Crippen LogP) is 5.90. The summed E-state index contributed by atoms with van der Waals surface area (Å²) in [6, 6.07) is 19.0. The highest BCUT2D eigenvalue weighted by atomic mass is 35.5. The maximum Gasteiger partial charge on any atom is 0.253 e. The number of fused-ring (bicyclic) bond motifs is 1. The Bertz CT molecular complexity index is 1390. The summed E-state index contributed by atoms with van der Waals surface area (Å²) in [7, 11) is 0. The fourth-order valence-corrected chi connectivity index (χ4v) is 6.09.